The van der Waals surface area contributed by atoms with Crippen LogP contribution in [0.15, 0.2) is 22.7 Å². The van der Waals surface area contributed by atoms with Crippen LogP contribution in [0.1, 0.15) is 46.0 Å². The summed E-state index contributed by atoms with van der Waals surface area (Å²) in [6.45, 7) is 5.05. The molecule has 2 N–H and O–H groups in total. The van der Waals surface area contributed by atoms with Crippen molar-refractivity contribution in [1.82, 2.24) is 10.6 Å². The van der Waals surface area contributed by atoms with Crippen LogP contribution in [0.4, 0.5) is 0 Å². The molecule has 0 atom stereocenters. The van der Waals surface area contributed by atoms with Gasteiger partial charge in [0.15, 0.2) is 0 Å². The fraction of sp³-hybridized carbons (Fsp3) is 0.714. The molecule has 0 rings (SSSR count). The molecule has 0 aliphatic heterocycles. The molecule has 0 aliphatic rings. The lowest BCUT2D eigenvalue weighted by Gasteiger charge is -2.15. The highest BCUT2D eigenvalue weighted by Gasteiger charge is 2.08. The molecule has 0 heterocycles. The number of allylic oxidation sites excluding steroid dienone is 2. The van der Waals surface area contributed by atoms with Gasteiger partial charge in [-0.1, -0.05) is 50.3 Å². The van der Waals surface area contributed by atoms with Crippen molar-refractivity contribution in [2.75, 3.05) is 20.7 Å². The second-order valence-electron chi connectivity index (χ2n) is 4.14. The van der Waals surface area contributed by atoms with E-state index < -0.39 is 0 Å². The van der Waals surface area contributed by atoms with E-state index in [1.807, 2.05) is 20.0 Å². The molecule has 0 aromatic rings. The number of rotatable bonds is 10. The van der Waals surface area contributed by atoms with Gasteiger partial charge in [0.25, 0.3) is 0 Å². The van der Waals surface area contributed by atoms with E-state index in [2.05, 4.69) is 17.6 Å². The molecule has 0 saturated heterocycles. The molecule has 0 aromatic carbocycles. The van der Waals surface area contributed by atoms with E-state index in [0.29, 0.717) is 10.9 Å². The maximum absolute atomic E-state index is 6.17. The van der Waals surface area contributed by atoms with Crippen LogP contribution in [-0.4, -0.2) is 20.7 Å². The molecule has 3 nitrogen and oxygen atoms in total. The first-order chi connectivity index (χ1) is 8.71. The van der Waals surface area contributed by atoms with Crippen molar-refractivity contribution in [3.05, 3.63) is 22.7 Å². The van der Waals surface area contributed by atoms with Gasteiger partial charge in [0, 0.05) is 13.6 Å². The Bertz CT molecular complexity index is 269. The smallest absolute Gasteiger partial charge is 0.211 e. The number of hydrogen-bond donors (Lipinski definition) is 2. The number of ether oxygens (including phenoxy) is 1. The van der Waals surface area contributed by atoms with Crippen LogP contribution in [0.2, 0.25) is 0 Å². The lowest BCUT2D eigenvalue weighted by molar-refractivity contribution is 0.261. The molecule has 0 aliphatic carbocycles. The fourth-order valence-corrected chi connectivity index (χ4v) is 1.84. The van der Waals surface area contributed by atoms with Crippen LogP contribution in [0.3, 0.4) is 0 Å². The van der Waals surface area contributed by atoms with Gasteiger partial charge in [-0.15, -0.1) is 0 Å². The molecule has 106 valence electrons. The quantitative estimate of drug-likeness (QED) is 0.362. The van der Waals surface area contributed by atoms with Gasteiger partial charge >= 0.3 is 0 Å². The number of hydrogen-bond acceptors (Lipinski definition) is 3. The second-order valence-corrected chi connectivity index (χ2v) is 4.54. The van der Waals surface area contributed by atoms with Crippen LogP contribution in [-0.2, 0) is 4.74 Å². The summed E-state index contributed by atoms with van der Waals surface area (Å²) in [6, 6.07) is 0. The van der Waals surface area contributed by atoms with Crippen molar-refractivity contribution >= 4 is 11.6 Å². The zero-order valence-corrected chi connectivity index (χ0v) is 12.9. The van der Waals surface area contributed by atoms with E-state index in [-0.39, 0.29) is 0 Å². The van der Waals surface area contributed by atoms with E-state index in [1.165, 1.54) is 25.7 Å². The molecule has 4 heteroatoms. The molecule has 0 bridgehead atoms. The predicted octanol–water partition coefficient (Wildman–Crippen LogP) is 3.72. The van der Waals surface area contributed by atoms with Gasteiger partial charge in [-0.3, -0.25) is 0 Å². The Hall–Kier alpha value is -0.830. The molecular weight excluding hydrogens is 248 g/mol. The van der Waals surface area contributed by atoms with Crippen molar-refractivity contribution < 1.29 is 4.74 Å². The monoisotopic (exact) mass is 274 g/mol. The summed E-state index contributed by atoms with van der Waals surface area (Å²) in [4.78, 5) is 0. The lowest BCUT2D eigenvalue weighted by atomic mass is 10.1. The van der Waals surface area contributed by atoms with Gasteiger partial charge in [-0.25, -0.2) is 0 Å². The molecule has 0 fully saturated rings. The first kappa shape index (κ1) is 17.2. The van der Waals surface area contributed by atoms with E-state index in [0.717, 1.165) is 18.7 Å². The van der Waals surface area contributed by atoms with Crippen LogP contribution in [0, 0.1) is 0 Å². The summed E-state index contributed by atoms with van der Waals surface area (Å²) in [5.74, 6) is 0.673. The third-order valence-electron chi connectivity index (χ3n) is 2.73. The van der Waals surface area contributed by atoms with Crippen molar-refractivity contribution in [2.45, 2.75) is 46.0 Å². The van der Waals surface area contributed by atoms with E-state index in [1.54, 1.807) is 7.11 Å². The van der Waals surface area contributed by atoms with Gasteiger partial charge < -0.3 is 15.4 Å². The van der Waals surface area contributed by atoms with Crippen molar-refractivity contribution in [3.63, 3.8) is 0 Å². The molecule has 0 aromatic heterocycles. The standard InChI is InChI=1S/C14H27ClN2O/c1-5-7-8-9-10-11-17-13(12(15)6-2)14(16-3)18-4/h6,16-17H,5,7-11H2,1-4H3/b12-6+,14-13-. The number of nitrogens with one attached hydrogen (secondary N) is 2. The first-order valence-electron chi connectivity index (χ1n) is 6.73. The van der Waals surface area contributed by atoms with Crippen molar-refractivity contribution in [2.24, 2.45) is 0 Å². The number of methoxy groups -OCH3 is 1. The van der Waals surface area contributed by atoms with Crippen LogP contribution in [0.5, 0.6) is 0 Å². The van der Waals surface area contributed by atoms with Gasteiger partial charge in [-0.05, 0) is 13.3 Å². The Morgan fingerprint density at radius 2 is 1.89 bits per heavy atom. The molecule has 0 saturated carbocycles. The summed E-state index contributed by atoms with van der Waals surface area (Å²) in [5.41, 5.74) is 0.833. The highest BCUT2D eigenvalue weighted by molar-refractivity contribution is 6.31. The molecule has 0 spiro atoms. The molecule has 18 heavy (non-hydrogen) atoms. The van der Waals surface area contributed by atoms with E-state index in [9.17, 15) is 0 Å². The Morgan fingerprint density at radius 1 is 1.22 bits per heavy atom. The van der Waals surface area contributed by atoms with E-state index >= 15 is 0 Å². The highest BCUT2D eigenvalue weighted by Crippen LogP contribution is 2.15. The largest absolute Gasteiger partial charge is 0.481 e. The minimum Gasteiger partial charge on any atom is -0.481 e. The number of halogens is 1. The highest BCUT2D eigenvalue weighted by atomic mass is 35.5. The average Bonchev–Trinajstić information content (AvgIpc) is 2.40. The van der Waals surface area contributed by atoms with Crippen LogP contribution < -0.4 is 10.6 Å². The lowest BCUT2D eigenvalue weighted by Crippen LogP contribution is -2.22. The zero-order valence-electron chi connectivity index (χ0n) is 12.1. The second kappa shape index (κ2) is 11.3. The Kier molecular flexibility index (Phi) is 10.8. The van der Waals surface area contributed by atoms with Crippen molar-refractivity contribution in [3.8, 4) is 0 Å². The summed E-state index contributed by atoms with van der Waals surface area (Å²) < 4.78 is 5.26. The average molecular weight is 275 g/mol. The summed E-state index contributed by atoms with van der Waals surface area (Å²) in [6.07, 6.45) is 8.16. The Labute approximate surface area is 117 Å². The predicted molar refractivity (Wildman–Crippen MR) is 79.5 cm³/mol. The van der Waals surface area contributed by atoms with Gasteiger partial charge in [0.1, 0.15) is 5.70 Å². The minimum absolute atomic E-state index is 0.673. The zero-order chi connectivity index (χ0) is 13.8. The van der Waals surface area contributed by atoms with Gasteiger partial charge in [0.2, 0.25) is 5.88 Å². The van der Waals surface area contributed by atoms with Crippen LogP contribution >= 0.6 is 11.6 Å². The Balaban J connectivity index is 4.24. The van der Waals surface area contributed by atoms with Crippen molar-refractivity contribution in [1.29, 1.82) is 0 Å². The molecule has 0 unspecified atom stereocenters. The summed E-state index contributed by atoms with van der Waals surface area (Å²) in [5, 5.41) is 7.01. The molecule has 0 radical (unpaired) electrons. The third kappa shape index (κ3) is 6.80. The Morgan fingerprint density at radius 3 is 2.39 bits per heavy atom. The van der Waals surface area contributed by atoms with Gasteiger partial charge in [-0.2, -0.15) is 0 Å². The number of unbranched alkanes of at least 4 members (excludes halogenated alkanes) is 4. The maximum atomic E-state index is 6.17. The first-order valence-corrected chi connectivity index (χ1v) is 7.11. The molecular formula is C14H27ClN2O. The minimum atomic E-state index is 0.673. The third-order valence-corrected chi connectivity index (χ3v) is 3.14. The summed E-state index contributed by atoms with van der Waals surface area (Å²) >= 11 is 6.17. The fourth-order valence-electron chi connectivity index (χ4n) is 1.69. The van der Waals surface area contributed by atoms with Crippen LogP contribution in [0.25, 0.3) is 0 Å². The van der Waals surface area contributed by atoms with Gasteiger partial charge in [0.05, 0.1) is 12.1 Å². The van der Waals surface area contributed by atoms with E-state index in [4.69, 9.17) is 16.3 Å². The normalized spacial score (nSPS) is 13.1. The summed E-state index contributed by atoms with van der Waals surface area (Å²) in [7, 11) is 3.45. The SMILES string of the molecule is C/C=C(Cl)\C(NCCCCCCC)=C(/NC)OC. The topological polar surface area (TPSA) is 33.3 Å². The maximum Gasteiger partial charge on any atom is 0.211 e. The molecule has 0 amide bonds.